The average Bonchev–Trinajstić information content (AvgIpc) is 3.01. The van der Waals surface area contributed by atoms with Crippen molar-refractivity contribution >= 4 is 15.7 Å². The molecule has 0 radical (unpaired) electrons. The standard InChI is InChI=1S/C16H18FNO4S/c1-11(2)16(19)18-10-15(14-4-3-9-22-14)23(20,21)13-7-5-12(17)6-8-13/h3-9,11,15H,10H2,1-2H3,(H,18,19)/t15-/m1/s1. The molecule has 5 nitrogen and oxygen atoms in total. The van der Waals surface area contributed by atoms with E-state index in [1.54, 1.807) is 19.9 Å². The number of nitrogens with one attached hydrogen (secondary N) is 1. The van der Waals surface area contributed by atoms with Crippen molar-refractivity contribution in [3.63, 3.8) is 0 Å². The number of carbonyl (C=O) groups excluding carboxylic acids is 1. The fourth-order valence-corrected chi connectivity index (χ4v) is 3.61. The number of halogens is 1. The normalized spacial score (nSPS) is 13.0. The van der Waals surface area contributed by atoms with Gasteiger partial charge in [0.25, 0.3) is 0 Å². The summed E-state index contributed by atoms with van der Waals surface area (Å²) in [5.41, 5.74) is 0. The van der Waals surface area contributed by atoms with Crippen LogP contribution in [0.15, 0.2) is 52.0 Å². The van der Waals surface area contributed by atoms with Crippen LogP contribution in [0, 0.1) is 11.7 Å². The Hall–Kier alpha value is -2.15. The SMILES string of the molecule is CC(C)C(=O)NC[C@H](c1ccco1)S(=O)(=O)c1ccc(F)cc1. The Morgan fingerprint density at radius 3 is 2.39 bits per heavy atom. The van der Waals surface area contributed by atoms with E-state index in [4.69, 9.17) is 4.42 Å². The number of furan rings is 1. The molecule has 23 heavy (non-hydrogen) atoms. The minimum Gasteiger partial charge on any atom is -0.468 e. The van der Waals surface area contributed by atoms with Gasteiger partial charge in [0.15, 0.2) is 9.84 Å². The first-order valence-corrected chi connectivity index (χ1v) is 8.67. The zero-order valence-corrected chi connectivity index (χ0v) is 13.6. The molecule has 0 aliphatic rings. The van der Waals surface area contributed by atoms with Gasteiger partial charge < -0.3 is 9.73 Å². The number of rotatable bonds is 6. The van der Waals surface area contributed by atoms with Crippen molar-refractivity contribution in [2.75, 3.05) is 6.54 Å². The van der Waals surface area contributed by atoms with Gasteiger partial charge >= 0.3 is 0 Å². The van der Waals surface area contributed by atoms with Gasteiger partial charge in [-0.1, -0.05) is 13.8 Å². The van der Waals surface area contributed by atoms with Crippen molar-refractivity contribution in [1.82, 2.24) is 5.32 Å². The summed E-state index contributed by atoms with van der Waals surface area (Å²) in [4.78, 5) is 11.7. The third kappa shape index (κ3) is 3.98. The number of amides is 1. The van der Waals surface area contributed by atoms with Crippen LogP contribution < -0.4 is 5.32 Å². The second-order valence-electron chi connectivity index (χ2n) is 5.40. The van der Waals surface area contributed by atoms with Crippen molar-refractivity contribution in [3.8, 4) is 0 Å². The molecule has 0 unspecified atom stereocenters. The molecule has 1 heterocycles. The van der Waals surface area contributed by atoms with Gasteiger partial charge in [-0.25, -0.2) is 12.8 Å². The van der Waals surface area contributed by atoms with Crippen LogP contribution in [0.4, 0.5) is 4.39 Å². The van der Waals surface area contributed by atoms with E-state index in [1.165, 1.54) is 24.5 Å². The van der Waals surface area contributed by atoms with Crippen LogP contribution in [-0.2, 0) is 14.6 Å². The molecule has 1 N–H and O–H groups in total. The number of hydrogen-bond donors (Lipinski definition) is 1. The maximum absolute atomic E-state index is 13.0. The van der Waals surface area contributed by atoms with Gasteiger partial charge in [-0.2, -0.15) is 0 Å². The number of sulfone groups is 1. The fraction of sp³-hybridized carbons (Fsp3) is 0.312. The molecule has 0 aliphatic carbocycles. The van der Waals surface area contributed by atoms with E-state index in [9.17, 15) is 17.6 Å². The first kappa shape index (κ1) is 17.2. The smallest absolute Gasteiger partial charge is 0.222 e. The number of benzene rings is 1. The highest BCUT2D eigenvalue weighted by molar-refractivity contribution is 7.91. The molecule has 2 aromatic rings. The lowest BCUT2D eigenvalue weighted by atomic mass is 10.2. The van der Waals surface area contributed by atoms with E-state index >= 15 is 0 Å². The molecule has 0 saturated carbocycles. The van der Waals surface area contributed by atoms with Crippen LogP contribution >= 0.6 is 0 Å². The largest absolute Gasteiger partial charge is 0.468 e. The van der Waals surface area contributed by atoms with E-state index in [-0.39, 0.29) is 29.0 Å². The predicted molar refractivity (Wildman–Crippen MR) is 82.9 cm³/mol. The lowest BCUT2D eigenvalue weighted by molar-refractivity contribution is -0.123. The Balaban J connectivity index is 2.33. The van der Waals surface area contributed by atoms with Crippen molar-refractivity contribution in [1.29, 1.82) is 0 Å². The van der Waals surface area contributed by atoms with Crippen molar-refractivity contribution < 1.29 is 22.0 Å². The molecule has 1 aromatic carbocycles. The van der Waals surface area contributed by atoms with Gasteiger partial charge in [-0.3, -0.25) is 4.79 Å². The first-order chi connectivity index (χ1) is 10.8. The molecule has 0 saturated heterocycles. The van der Waals surface area contributed by atoms with E-state index in [0.29, 0.717) is 0 Å². The Kier molecular flexibility index (Phi) is 5.20. The van der Waals surface area contributed by atoms with E-state index in [1.807, 2.05) is 0 Å². The molecule has 1 atom stereocenters. The lowest BCUT2D eigenvalue weighted by Crippen LogP contribution is -2.34. The molecular weight excluding hydrogens is 321 g/mol. The highest BCUT2D eigenvalue weighted by Gasteiger charge is 2.32. The van der Waals surface area contributed by atoms with Crippen LogP contribution in [0.25, 0.3) is 0 Å². The average molecular weight is 339 g/mol. The summed E-state index contributed by atoms with van der Waals surface area (Å²) in [6.07, 6.45) is 1.37. The van der Waals surface area contributed by atoms with Gasteiger partial charge in [0.2, 0.25) is 5.91 Å². The molecule has 0 fully saturated rings. The summed E-state index contributed by atoms with van der Waals surface area (Å²) in [6.45, 7) is 3.31. The first-order valence-electron chi connectivity index (χ1n) is 7.13. The third-order valence-corrected chi connectivity index (χ3v) is 5.44. The second-order valence-corrected chi connectivity index (χ2v) is 7.53. The zero-order valence-electron chi connectivity index (χ0n) is 12.8. The highest BCUT2D eigenvalue weighted by atomic mass is 32.2. The minimum atomic E-state index is -3.84. The molecule has 0 bridgehead atoms. The molecule has 0 spiro atoms. The van der Waals surface area contributed by atoms with Crippen LogP contribution in [0.1, 0.15) is 24.9 Å². The van der Waals surface area contributed by atoms with Gasteiger partial charge in [0, 0.05) is 12.5 Å². The van der Waals surface area contributed by atoms with Crippen LogP contribution in [-0.4, -0.2) is 20.9 Å². The second kappa shape index (κ2) is 6.95. The van der Waals surface area contributed by atoms with Gasteiger partial charge in [-0.15, -0.1) is 0 Å². The molecule has 0 aliphatic heterocycles. The molecular formula is C16H18FNO4S. The van der Waals surface area contributed by atoms with Crippen LogP contribution in [0.5, 0.6) is 0 Å². The molecule has 2 rings (SSSR count). The summed E-state index contributed by atoms with van der Waals surface area (Å²) in [7, 11) is -3.84. The molecule has 1 amide bonds. The third-order valence-electron chi connectivity index (χ3n) is 3.36. The quantitative estimate of drug-likeness (QED) is 0.821. The lowest BCUT2D eigenvalue weighted by Gasteiger charge is -2.17. The van der Waals surface area contributed by atoms with Gasteiger partial charge in [0.1, 0.15) is 16.8 Å². The van der Waals surface area contributed by atoms with E-state index in [0.717, 1.165) is 12.1 Å². The van der Waals surface area contributed by atoms with Crippen molar-refractivity contribution in [3.05, 3.63) is 54.2 Å². The topological polar surface area (TPSA) is 76.4 Å². The summed E-state index contributed by atoms with van der Waals surface area (Å²) >= 11 is 0. The monoisotopic (exact) mass is 339 g/mol. The van der Waals surface area contributed by atoms with Crippen molar-refractivity contribution in [2.24, 2.45) is 5.92 Å². The molecule has 124 valence electrons. The molecule has 1 aromatic heterocycles. The zero-order chi connectivity index (χ0) is 17.0. The maximum atomic E-state index is 13.0. The summed E-state index contributed by atoms with van der Waals surface area (Å²) in [5.74, 6) is -0.818. The van der Waals surface area contributed by atoms with Crippen LogP contribution in [0.3, 0.4) is 0 Å². The Labute approximate surface area is 134 Å². The maximum Gasteiger partial charge on any atom is 0.222 e. The van der Waals surface area contributed by atoms with E-state index < -0.39 is 20.9 Å². The summed E-state index contributed by atoms with van der Waals surface area (Å²) in [6, 6.07) is 7.67. The summed E-state index contributed by atoms with van der Waals surface area (Å²) in [5, 5.41) is 1.53. The van der Waals surface area contributed by atoms with E-state index in [2.05, 4.69) is 5.32 Å². The Morgan fingerprint density at radius 2 is 1.87 bits per heavy atom. The highest BCUT2D eigenvalue weighted by Crippen LogP contribution is 2.29. The molecule has 7 heteroatoms. The minimum absolute atomic E-state index is 0.0286. The Morgan fingerprint density at radius 1 is 1.22 bits per heavy atom. The van der Waals surface area contributed by atoms with Crippen LogP contribution in [0.2, 0.25) is 0 Å². The summed E-state index contributed by atoms with van der Waals surface area (Å²) < 4.78 is 43.8. The van der Waals surface area contributed by atoms with Gasteiger partial charge in [0.05, 0.1) is 11.2 Å². The van der Waals surface area contributed by atoms with Crippen molar-refractivity contribution in [2.45, 2.75) is 24.0 Å². The predicted octanol–water partition coefficient (Wildman–Crippen LogP) is 2.71. The Bertz CT molecular complexity index is 752. The fourth-order valence-electron chi connectivity index (χ4n) is 2.02. The van der Waals surface area contributed by atoms with Gasteiger partial charge in [-0.05, 0) is 36.4 Å². The number of carbonyl (C=O) groups is 1. The number of hydrogen-bond acceptors (Lipinski definition) is 4.